The molecule has 0 radical (unpaired) electrons. The van der Waals surface area contributed by atoms with Gasteiger partial charge < -0.3 is 15.2 Å². The molecule has 0 bridgehead atoms. The molecule has 2 aliphatic rings. The first-order valence-electron chi connectivity index (χ1n) is 10.8. The van der Waals surface area contributed by atoms with Crippen molar-refractivity contribution in [2.75, 3.05) is 26.2 Å². The third-order valence-electron chi connectivity index (χ3n) is 5.95. The van der Waals surface area contributed by atoms with Crippen molar-refractivity contribution in [3.05, 3.63) is 62.8 Å². The van der Waals surface area contributed by atoms with Gasteiger partial charge in [-0.25, -0.2) is 0 Å². The zero-order chi connectivity index (χ0) is 21.8. The number of hydrogen-bond donors (Lipinski definition) is 2. The number of nitrogens with one attached hydrogen (secondary N) is 1. The smallest absolute Gasteiger partial charge is 0.269 e. The molecular weight excluding hydrogens is 400 g/mol. The first-order chi connectivity index (χ1) is 15.0. The number of likely N-dealkylation sites (tertiary alicyclic amines) is 2. The van der Waals surface area contributed by atoms with Crippen molar-refractivity contribution >= 4 is 11.4 Å². The maximum atomic E-state index is 12.9. The quantitative estimate of drug-likeness (QED) is 0.378. The zero-order valence-electron chi connectivity index (χ0n) is 17.5. The highest BCUT2D eigenvalue weighted by Crippen LogP contribution is 2.30. The van der Waals surface area contributed by atoms with Gasteiger partial charge in [0, 0.05) is 48.5 Å². The monoisotopic (exact) mass is 428 g/mol. The Morgan fingerprint density at radius 2 is 1.42 bits per heavy atom. The largest absolute Gasteiger partial charge is 0.585 e. The number of quaternary nitrogens is 1. The van der Waals surface area contributed by atoms with E-state index in [1.165, 1.54) is 24.3 Å². The highest BCUT2D eigenvalue weighted by Gasteiger charge is 2.22. The van der Waals surface area contributed by atoms with Crippen molar-refractivity contribution in [1.29, 1.82) is 0 Å². The van der Waals surface area contributed by atoms with E-state index in [4.69, 9.17) is 4.84 Å². The normalized spacial score (nSPS) is 18.4. The molecular formula is C22H28N4O5. The lowest BCUT2D eigenvalue weighted by atomic mass is 10.1. The molecule has 4 rings (SSSR count). The number of aromatic hydroxyl groups is 1. The molecule has 1 unspecified atom stereocenters. The van der Waals surface area contributed by atoms with E-state index >= 15 is 0 Å². The Morgan fingerprint density at radius 1 is 0.935 bits per heavy atom. The van der Waals surface area contributed by atoms with Crippen LogP contribution in [0.5, 0.6) is 11.5 Å². The average molecular weight is 428 g/mol. The number of benzene rings is 2. The van der Waals surface area contributed by atoms with Gasteiger partial charge in [-0.2, -0.15) is 0 Å². The molecule has 166 valence electrons. The molecule has 2 heterocycles. The molecule has 2 aromatic rings. The van der Waals surface area contributed by atoms with E-state index in [2.05, 4.69) is 9.80 Å². The topological polar surface area (TPSA) is 107 Å². The Bertz CT molecular complexity index is 870. The molecule has 2 aromatic carbocycles. The second kappa shape index (κ2) is 9.61. The standard InChI is InChI=1S/C22H28N4O5/c27-22-17(15-23-9-1-2-10-23)13-20(14-18(22)16-24-11-3-4-12-24)26(30)31-21-7-5-19(6-8-21)25(28)29/h5-8,13-14,26-27H,1-4,9-12,15-16H2. The third kappa shape index (κ3) is 5.31. The van der Waals surface area contributed by atoms with Crippen molar-refractivity contribution in [1.82, 2.24) is 9.80 Å². The Balaban J connectivity index is 1.57. The lowest BCUT2D eigenvalue weighted by molar-refractivity contribution is -0.963. The molecule has 2 saturated heterocycles. The minimum atomic E-state index is -0.542. The summed E-state index contributed by atoms with van der Waals surface area (Å²) >= 11 is 0. The molecule has 2 N–H and O–H groups in total. The van der Waals surface area contributed by atoms with Crippen molar-refractivity contribution in [3.63, 3.8) is 0 Å². The average Bonchev–Trinajstić information content (AvgIpc) is 3.45. The van der Waals surface area contributed by atoms with Gasteiger partial charge in [0.15, 0.2) is 11.4 Å². The van der Waals surface area contributed by atoms with Crippen molar-refractivity contribution in [2.24, 2.45) is 0 Å². The van der Waals surface area contributed by atoms with Gasteiger partial charge in [-0.1, -0.05) is 0 Å². The molecule has 2 aliphatic heterocycles. The number of phenols is 1. The summed E-state index contributed by atoms with van der Waals surface area (Å²) in [6.45, 7) is 5.13. The molecule has 1 atom stereocenters. The molecule has 0 aromatic heterocycles. The maximum absolute atomic E-state index is 12.9. The predicted octanol–water partition coefficient (Wildman–Crippen LogP) is 2.50. The van der Waals surface area contributed by atoms with Crippen LogP contribution in [0.25, 0.3) is 0 Å². The fourth-order valence-electron chi connectivity index (χ4n) is 4.28. The summed E-state index contributed by atoms with van der Waals surface area (Å²) < 4.78 is 0. The van der Waals surface area contributed by atoms with E-state index in [1.807, 2.05) is 0 Å². The summed E-state index contributed by atoms with van der Waals surface area (Å²) in [4.78, 5) is 20.3. The van der Waals surface area contributed by atoms with Crippen molar-refractivity contribution in [2.45, 2.75) is 38.8 Å². The number of hydrogen-bond acceptors (Lipinski definition) is 7. The third-order valence-corrected chi connectivity index (χ3v) is 5.95. The van der Waals surface area contributed by atoms with E-state index in [-0.39, 0.29) is 17.2 Å². The van der Waals surface area contributed by atoms with Crippen LogP contribution in [0.15, 0.2) is 36.4 Å². The first-order valence-corrected chi connectivity index (χ1v) is 10.8. The molecule has 0 spiro atoms. The van der Waals surface area contributed by atoms with Crippen LogP contribution in [0, 0.1) is 15.3 Å². The van der Waals surface area contributed by atoms with Crippen LogP contribution >= 0.6 is 0 Å². The summed E-state index contributed by atoms with van der Waals surface area (Å²) in [6, 6.07) is 8.83. The van der Waals surface area contributed by atoms with Gasteiger partial charge >= 0.3 is 0 Å². The van der Waals surface area contributed by atoms with E-state index in [1.54, 1.807) is 12.1 Å². The second-order valence-corrected chi connectivity index (χ2v) is 8.25. The SMILES string of the molecule is O=[N+]([O-])c1ccc(O[NH+]([O-])c2cc(CN3CCCC3)c(O)c(CN3CCCC3)c2)cc1. The molecule has 31 heavy (non-hydrogen) atoms. The van der Waals surface area contributed by atoms with Crippen LogP contribution in [-0.4, -0.2) is 46.0 Å². The molecule has 9 nitrogen and oxygen atoms in total. The highest BCUT2D eigenvalue weighted by molar-refractivity contribution is 5.49. The number of nitro groups is 1. The Labute approximate surface area is 181 Å². The van der Waals surface area contributed by atoms with Gasteiger partial charge in [-0.15, -0.1) is 5.23 Å². The molecule has 0 saturated carbocycles. The minimum absolute atomic E-state index is 0.0646. The van der Waals surface area contributed by atoms with E-state index < -0.39 is 10.1 Å². The molecule has 9 heteroatoms. The van der Waals surface area contributed by atoms with E-state index in [9.17, 15) is 20.4 Å². The number of nitrogens with zero attached hydrogens (tertiary/aromatic N) is 3. The fourth-order valence-corrected chi connectivity index (χ4v) is 4.28. The number of nitro benzene ring substituents is 1. The van der Waals surface area contributed by atoms with Crippen molar-refractivity contribution < 1.29 is 20.1 Å². The van der Waals surface area contributed by atoms with Gasteiger partial charge in [0.05, 0.1) is 4.92 Å². The van der Waals surface area contributed by atoms with Crippen LogP contribution in [0.4, 0.5) is 11.4 Å². The first kappa shape index (κ1) is 21.5. The van der Waals surface area contributed by atoms with Gasteiger partial charge in [-0.05, 0) is 64.0 Å². The van der Waals surface area contributed by atoms with Crippen LogP contribution < -0.4 is 10.1 Å². The van der Waals surface area contributed by atoms with Crippen molar-refractivity contribution in [3.8, 4) is 11.5 Å². The maximum Gasteiger partial charge on any atom is 0.269 e. The Kier molecular flexibility index (Phi) is 6.67. The summed E-state index contributed by atoms with van der Waals surface area (Å²) in [5.41, 5.74) is 1.77. The fraction of sp³-hybridized carbons (Fsp3) is 0.455. The van der Waals surface area contributed by atoms with Gasteiger partial charge in [0.25, 0.3) is 5.69 Å². The lowest BCUT2D eigenvalue weighted by Gasteiger charge is -2.24. The zero-order valence-corrected chi connectivity index (χ0v) is 17.5. The highest BCUT2D eigenvalue weighted by atomic mass is 16.9. The summed E-state index contributed by atoms with van der Waals surface area (Å²) in [5.74, 6) is 0.497. The molecule has 0 amide bonds. The summed E-state index contributed by atoms with van der Waals surface area (Å²) in [6.07, 6.45) is 4.57. The molecule has 0 aliphatic carbocycles. The summed E-state index contributed by atoms with van der Waals surface area (Å²) in [7, 11) is 0. The van der Waals surface area contributed by atoms with Gasteiger partial charge in [0.2, 0.25) is 0 Å². The predicted molar refractivity (Wildman–Crippen MR) is 115 cm³/mol. The number of rotatable bonds is 8. The van der Waals surface area contributed by atoms with Crippen LogP contribution in [0.2, 0.25) is 0 Å². The van der Waals surface area contributed by atoms with E-state index in [0.29, 0.717) is 18.8 Å². The van der Waals surface area contributed by atoms with Crippen LogP contribution in [-0.2, 0) is 13.1 Å². The number of non-ortho nitro benzene ring substituents is 1. The van der Waals surface area contributed by atoms with Crippen LogP contribution in [0.3, 0.4) is 0 Å². The van der Waals surface area contributed by atoms with E-state index in [0.717, 1.165) is 63.0 Å². The van der Waals surface area contributed by atoms with Gasteiger partial charge in [0.1, 0.15) is 5.75 Å². The Hall–Kier alpha value is -2.72. The van der Waals surface area contributed by atoms with Crippen LogP contribution in [0.1, 0.15) is 36.8 Å². The summed E-state index contributed by atoms with van der Waals surface area (Å²) in [5, 5.41) is 34.0. The second-order valence-electron chi connectivity index (χ2n) is 8.25. The number of phenolic OH excluding ortho intramolecular Hbond substituents is 1. The molecule has 2 fully saturated rings. The minimum Gasteiger partial charge on any atom is -0.585 e. The van der Waals surface area contributed by atoms with Gasteiger partial charge in [-0.3, -0.25) is 19.9 Å². The lowest BCUT2D eigenvalue weighted by Crippen LogP contribution is -3.04. The Morgan fingerprint density at radius 3 is 1.87 bits per heavy atom.